The largest absolute Gasteiger partial charge is 0.372 e. The van der Waals surface area contributed by atoms with Crippen LogP contribution in [0.25, 0.3) is 18.2 Å². The smallest absolute Gasteiger partial charge is 0.320 e. The molecular weight excluding hydrogens is 539 g/mol. The van der Waals surface area contributed by atoms with Crippen molar-refractivity contribution in [3.63, 3.8) is 0 Å². The van der Waals surface area contributed by atoms with Gasteiger partial charge in [-0.3, -0.25) is 18.6 Å². The summed E-state index contributed by atoms with van der Waals surface area (Å²) in [4.78, 5) is 62.1. The second-order valence-electron chi connectivity index (χ2n) is 7.71. The highest BCUT2D eigenvalue weighted by Crippen LogP contribution is 2.62. The first kappa shape index (κ1) is 28.7. The van der Waals surface area contributed by atoms with Crippen molar-refractivity contribution in [3.05, 3.63) is 124 Å². The molecule has 0 aromatic heterocycles. The molecule has 13 heteroatoms. The molecule has 3 aromatic rings. The molecule has 0 aliphatic carbocycles. The summed E-state index contributed by atoms with van der Waals surface area (Å²) in [5.41, 5.74) is -2.51. The van der Waals surface area contributed by atoms with Crippen molar-refractivity contribution >= 4 is 41.0 Å². The van der Waals surface area contributed by atoms with Crippen LogP contribution in [0.1, 0.15) is 16.7 Å². The van der Waals surface area contributed by atoms with Crippen LogP contribution < -0.4 is 0 Å². The molecule has 10 nitrogen and oxygen atoms in total. The van der Waals surface area contributed by atoms with E-state index in [0.717, 1.165) is 18.2 Å². The second-order valence-corrected chi connectivity index (χ2v) is 12.3. The standard InChI is InChI=1S/C24H24NO9P3/c26-35(27,28)22(16-19-10-4-1-5-11-19)25(23(36(29,30)31)17-20-12-6-2-7-13-20)24(37(32,33)34)18-21-14-8-3-9-15-21/h1-18H,(H2,26,27,28)(H2,29,30,31)(H2,32,33,34). The van der Waals surface area contributed by atoms with Crippen LogP contribution in [-0.2, 0) is 13.7 Å². The van der Waals surface area contributed by atoms with E-state index in [9.17, 15) is 43.1 Å². The van der Waals surface area contributed by atoms with Crippen molar-refractivity contribution < 1.29 is 43.1 Å². The zero-order valence-electron chi connectivity index (χ0n) is 19.1. The van der Waals surface area contributed by atoms with Gasteiger partial charge in [0.05, 0.1) is 0 Å². The molecule has 0 saturated heterocycles. The van der Waals surface area contributed by atoms with Crippen LogP contribution in [0.2, 0.25) is 0 Å². The molecule has 0 radical (unpaired) electrons. The van der Waals surface area contributed by atoms with Crippen LogP contribution in [-0.4, -0.2) is 34.3 Å². The van der Waals surface area contributed by atoms with E-state index in [1.807, 2.05) is 0 Å². The summed E-state index contributed by atoms with van der Waals surface area (Å²) in [6.07, 6.45) is 2.76. The molecule has 0 atom stereocenters. The highest BCUT2D eigenvalue weighted by atomic mass is 31.2. The van der Waals surface area contributed by atoms with Crippen molar-refractivity contribution in [3.8, 4) is 0 Å². The Hall–Kier alpha value is -2.87. The zero-order chi connectivity index (χ0) is 27.3. The van der Waals surface area contributed by atoms with Crippen molar-refractivity contribution in [2.75, 3.05) is 0 Å². The first-order chi connectivity index (χ1) is 17.3. The van der Waals surface area contributed by atoms with E-state index in [1.54, 1.807) is 54.6 Å². The minimum Gasteiger partial charge on any atom is -0.320 e. The highest BCUT2D eigenvalue weighted by molar-refractivity contribution is 7.59. The summed E-state index contributed by atoms with van der Waals surface area (Å²) in [5.74, 6) is 0. The fourth-order valence-electron chi connectivity index (χ4n) is 3.28. The minimum atomic E-state index is -5.44. The van der Waals surface area contributed by atoms with Crippen LogP contribution >= 0.6 is 22.8 Å². The van der Waals surface area contributed by atoms with Gasteiger partial charge in [0.25, 0.3) is 0 Å². The predicted octanol–water partition coefficient (Wildman–Crippen LogP) is 4.82. The Morgan fingerprint density at radius 1 is 0.459 bits per heavy atom. The minimum absolute atomic E-state index is 0.209. The molecular formula is C24H24NO9P3. The van der Waals surface area contributed by atoms with Crippen molar-refractivity contribution in [1.82, 2.24) is 4.90 Å². The molecule has 0 unspecified atom stereocenters. The molecule has 0 bridgehead atoms. The van der Waals surface area contributed by atoms with Gasteiger partial charge in [0.15, 0.2) is 0 Å². The summed E-state index contributed by atoms with van der Waals surface area (Å²) < 4.78 is 38.3. The molecule has 0 amide bonds. The van der Waals surface area contributed by atoms with Gasteiger partial charge in [0.2, 0.25) is 0 Å². The maximum absolute atomic E-state index is 12.8. The van der Waals surface area contributed by atoms with Crippen LogP contribution in [0.3, 0.4) is 0 Å². The molecule has 3 aromatic carbocycles. The van der Waals surface area contributed by atoms with Crippen LogP contribution in [0, 0.1) is 0 Å². The molecule has 0 aliphatic rings. The SMILES string of the molecule is O=P(O)(O)C(=Cc1ccccc1)N(C(=Cc1ccccc1)P(=O)(O)O)C(=Cc1ccccc1)P(=O)(O)O. The van der Waals surface area contributed by atoms with Gasteiger partial charge in [0.1, 0.15) is 16.3 Å². The Kier molecular flexibility index (Phi) is 9.05. The third-order valence-corrected chi connectivity index (χ3v) is 7.65. The summed E-state index contributed by atoms with van der Waals surface area (Å²) in [6.45, 7) is 0. The Morgan fingerprint density at radius 3 is 0.865 bits per heavy atom. The van der Waals surface area contributed by atoms with Crippen LogP contribution in [0.4, 0.5) is 0 Å². The van der Waals surface area contributed by atoms with E-state index in [2.05, 4.69) is 0 Å². The maximum atomic E-state index is 12.8. The van der Waals surface area contributed by atoms with Crippen LogP contribution in [0.5, 0.6) is 0 Å². The fraction of sp³-hybridized carbons (Fsp3) is 0. The van der Waals surface area contributed by atoms with E-state index in [0.29, 0.717) is 0 Å². The molecule has 0 heterocycles. The molecule has 194 valence electrons. The van der Waals surface area contributed by atoms with E-state index >= 15 is 0 Å². The predicted molar refractivity (Wildman–Crippen MR) is 141 cm³/mol. The van der Waals surface area contributed by atoms with Gasteiger partial charge in [-0.2, -0.15) is 0 Å². The quantitative estimate of drug-likeness (QED) is 0.198. The average Bonchev–Trinajstić information content (AvgIpc) is 2.82. The summed E-state index contributed by atoms with van der Waals surface area (Å²) in [6, 6.07) is 23.0. The molecule has 0 fully saturated rings. The lowest BCUT2D eigenvalue weighted by molar-refractivity contribution is 0.348. The molecule has 0 aliphatic heterocycles. The fourth-order valence-corrected chi connectivity index (χ4v) is 5.90. The average molecular weight is 563 g/mol. The summed E-state index contributed by atoms with van der Waals surface area (Å²) in [7, 11) is -16.3. The number of benzene rings is 3. The number of rotatable bonds is 9. The van der Waals surface area contributed by atoms with E-state index < -0.39 is 39.1 Å². The van der Waals surface area contributed by atoms with Crippen molar-refractivity contribution in [2.45, 2.75) is 0 Å². The van der Waals surface area contributed by atoms with Gasteiger partial charge in [-0.25, -0.2) is 0 Å². The topological polar surface area (TPSA) is 176 Å². The van der Waals surface area contributed by atoms with Crippen molar-refractivity contribution in [2.24, 2.45) is 0 Å². The molecule has 6 N–H and O–H groups in total. The third-order valence-electron chi connectivity index (χ3n) is 4.87. The Morgan fingerprint density at radius 2 is 0.676 bits per heavy atom. The van der Waals surface area contributed by atoms with Gasteiger partial charge >= 0.3 is 22.8 Å². The Balaban J connectivity index is 2.48. The molecule has 0 saturated carbocycles. The summed E-state index contributed by atoms with van der Waals surface area (Å²) in [5, 5.41) is 0. The number of hydrogen-bond acceptors (Lipinski definition) is 4. The van der Waals surface area contributed by atoms with E-state index in [4.69, 9.17) is 0 Å². The van der Waals surface area contributed by atoms with Gasteiger partial charge in [0, 0.05) is 0 Å². The molecule has 3 rings (SSSR count). The normalized spacial score (nSPS) is 13.9. The van der Waals surface area contributed by atoms with Crippen molar-refractivity contribution in [1.29, 1.82) is 0 Å². The van der Waals surface area contributed by atoms with E-state index in [-0.39, 0.29) is 21.6 Å². The second kappa shape index (κ2) is 11.7. The number of hydrogen-bond donors (Lipinski definition) is 6. The zero-order valence-corrected chi connectivity index (χ0v) is 21.8. The molecule has 0 spiro atoms. The van der Waals surface area contributed by atoms with E-state index in [1.165, 1.54) is 36.4 Å². The third kappa shape index (κ3) is 8.06. The maximum Gasteiger partial charge on any atom is 0.372 e. The number of nitrogens with zero attached hydrogens (tertiary/aromatic N) is 1. The first-order valence-electron chi connectivity index (χ1n) is 10.6. The first-order valence-corrected chi connectivity index (χ1v) is 15.4. The lowest BCUT2D eigenvalue weighted by Gasteiger charge is -2.32. The highest BCUT2D eigenvalue weighted by Gasteiger charge is 2.42. The monoisotopic (exact) mass is 563 g/mol. The van der Waals surface area contributed by atoms with Gasteiger partial charge in [-0.15, -0.1) is 0 Å². The van der Waals surface area contributed by atoms with Crippen LogP contribution in [0.15, 0.2) is 107 Å². The van der Waals surface area contributed by atoms with Gasteiger partial charge in [-0.1, -0.05) is 91.0 Å². The Bertz CT molecular complexity index is 1280. The lowest BCUT2D eigenvalue weighted by atomic mass is 10.2. The lowest BCUT2D eigenvalue weighted by Crippen LogP contribution is -2.23. The van der Waals surface area contributed by atoms with Gasteiger partial charge < -0.3 is 29.4 Å². The van der Waals surface area contributed by atoms with Gasteiger partial charge in [-0.05, 0) is 34.9 Å². The Labute approximate surface area is 213 Å². The summed E-state index contributed by atoms with van der Waals surface area (Å²) >= 11 is 0. The molecule has 37 heavy (non-hydrogen) atoms.